The van der Waals surface area contributed by atoms with E-state index in [1.807, 2.05) is 30.4 Å². The maximum Gasteiger partial charge on any atom is 0.280 e. The molecule has 79 heavy (non-hydrogen) atoms. The van der Waals surface area contributed by atoms with Crippen LogP contribution in [0.2, 0.25) is 0 Å². The Morgan fingerprint density at radius 1 is 0.266 bits per heavy atom. The van der Waals surface area contributed by atoms with Crippen LogP contribution in [-0.4, -0.2) is 29.1 Å². The van der Waals surface area contributed by atoms with Crippen LogP contribution >= 0.6 is 0 Å². The normalized spacial score (nSPS) is 11.2. The van der Waals surface area contributed by atoms with Gasteiger partial charge in [-0.2, -0.15) is 33.0 Å². The second kappa shape index (κ2) is 23.6. The van der Waals surface area contributed by atoms with E-state index in [9.17, 15) is 0 Å². The van der Waals surface area contributed by atoms with Crippen LogP contribution in [0, 0.1) is 180 Å². The van der Waals surface area contributed by atoms with Gasteiger partial charge < -0.3 is 4.57 Å². The van der Waals surface area contributed by atoms with Gasteiger partial charge in [0.1, 0.15) is 52.5 Å². The van der Waals surface area contributed by atoms with Crippen LogP contribution in [0.5, 0.6) is 0 Å². The molecule has 0 saturated carbocycles. The number of nitrogens with zero attached hydrogens (tertiary/aromatic N) is 11. The molecule has 8 rings (SSSR count). The summed E-state index contributed by atoms with van der Waals surface area (Å²) in [6, 6.07) is 0. The molecule has 0 saturated heterocycles. The molecule has 0 amide bonds. The van der Waals surface area contributed by atoms with Crippen LogP contribution in [0.1, 0.15) is 146 Å². The number of aromatic nitrogens is 11. The third-order valence-corrected chi connectivity index (χ3v) is 19.9. The fraction of sp³-hybridized carbons (Fsp3) is 0.500. The average molecular weight is 1070 g/mol. The molecular weight excluding hydrogens is 971 g/mol. The number of pyridine rings is 5. The van der Waals surface area contributed by atoms with E-state index in [1.165, 1.54) is 168 Å². The Hall–Kier alpha value is -6.62. The first kappa shape index (κ1) is 63.2. The summed E-state index contributed by atoms with van der Waals surface area (Å²) >= 11 is 0. The second-order valence-corrected chi connectivity index (χ2v) is 23.4. The van der Waals surface area contributed by atoms with E-state index in [-0.39, 0.29) is 0 Å². The third kappa shape index (κ3) is 10.9. The lowest BCUT2D eigenvalue weighted by Gasteiger charge is -2.15. The fourth-order valence-electron chi connectivity index (χ4n) is 11.9. The highest BCUT2D eigenvalue weighted by molar-refractivity contribution is 5.67. The first-order chi connectivity index (χ1) is 36.4. The molecule has 8 aromatic rings. The van der Waals surface area contributed by atoms with Gasteiger partial charge in [-0.15, -0.1) is 0 Å². The summed E-state index contributed by atoms with van der Waals surface area (Å²) in [4.78, 5) is 4.55. The van der Waals surface area contributed by atoms with Crippen molar-refractivity contribution in [2.24, 2.45) is 56.4 Å². The van der Waals surface area contributed by atoms with E-state index in [0.29, 0.717) is 0 Å². The Morgan fingerprint density at radius 3 is 0.835 bits per heavy atom. The van der Waals surface area contributed by atoms with Gasteiger partial charge in [-0.25, -0.2) is 9.67 Å². The zero-order valence-electron chi connectivity index (χ0n) is 55.9. The lowest BCUT2D eigenvalue weighted by atomic mass is 9.94. The van der Waals surface area contributed by atoms with Gasteiger partial charge in [0.25, 0.3) is 17.1 Å². The Labute approximate surface area is 477 Å². The summed E-state index contributed by atoms with van der Waals surface area (Å²) in [7, 11) is 16.9. The predicted octanol–water partition coefficient (Wildman–Crippen LogP) is 11.8. The molecule has 0 aliphatic rings. The van der Waals surface area contributed by atoms with E-state index < -0.39 is 0 Å². The molecule has 424 valence electrons. The van der Waals surface area contributed by atoms with Crippen LogP contribution in [0.15, 0.2) is 0 Å². The largest absolute Gasteiger partial charge is 0.343 e. The third-order valence-electron chi connectivity index (χ3n) is 19.9. The number of hydrogen-bond donors (Lipinski definition) is 0. The quantitative estimate of drug-likeness (QED) is 0.165. The molecule has 0 aliphatic carbocycles. The van der Waals surface area contributed by atoms with Crippen molar-refractivity contribution in [2.45, 2.75) is 180 Å². The first-order valence-electron chi connectivity index (χ1n) is 28.3. The standard InChI is InChI=1S/C20H30N2.C18H27N2.C16H24N3.C14H21N4/c1-11-13(3)17(7)21(9)19(15(11)5)20-16(6)12(2)14(4)18(8)22(20)10;1-10-11(2)15(6)19(8)17(13(10)4)18-14(5)12(3)16(7)20(18)9;1-9-10(2)14(6)18(7)15(11(9)3)16-12(4)13(5)17-19(16)8;1-8-9(2)11(4)17(6)13(10(8)3)14-15-12(5)16-18(14)7/h1-10H3;1-9H3;1-8H3;1-7H3/q+2;3*+1. The van der Waals surface area contributed by atoms with Crippen molar-refractivity contribution < 1.29 is 22.8 Å². The average Bonchev–Trinajstić information content (AvgIpc) is 3.96. The van der Waals surface area contributed by atoms with E-state index in [0.717, 1.165) is 23.0 Å². The molecule has 8 aromatic heterocycles. The molecule has 0 fully saturated rings. The minimum absolute atomic E-state index is 0.808. The summed E-state index contributed by atoms with van der Waals surface area (Å²) in [6.07, 6.45) is 0. The van der Waals surface area contributed by atoms with Crippen LogP contribution < -0.4 is 22.8 Å². The van der Waals surface area contributed by atoms with Gasteiger partial charge in [-0.05, 0) is 184 Å². The molecule has 0 aromatic carbocycles. The minimum atomic E-state index is 0.808. The Kier molecular flexibility index (Phi) is 18.9. The number of hydrogen-bond acceptors (Lipinski definition) is 3. The Balaban J connectivity index is 0.000000194. The molecule has 0 aliphatic heterocycles. The smallest absolute Gasteiger partial charge is 0.280 e. The van der Waals surface area contributed by atoms with Crippen molar-refractivity contribution in [3.63, 3.8) is 0 Å². The second-order valence-electron chi connectivity index (χ2n) is 23.4. The highest BCUT2D eigenvalue weighted by Gasteiger charge is 2.33. The summed E-state index contributed by atoms with van der Waals surface area (Å²) in [5.41, 5.74) is 42.8. The van der Waals surface area contributed by atoms with Gasteiger partial charge in [-0.1, -0.05) is 0 Å². The number of rotatable bonds is 4. The van der Waals surface area contributed by atoms with E-state index in [2.05, 4.69) is 258 Å². The van der Waals surface area contributed by atoms with Gasteiger partial charge in [0.2, 0.25) is 17.2 Å². The van der Waals surface area contributed by atoms with Crippen LogP contribution in [0.4, 0.5) is 0 Å². The summed E-state index contributed by atoms with van der Waals surface area (Å²) in [5.74, 6) is 1.74. The molecule has 0 radical (unpaired) electrons. The predicted molar refractivity (Wildman–Crippen MR) is 327 cm³/mol. The fourth-order valence-corrected chi connectivity index (χ4v) is 11.9. The first-order valence-corrected chi connectivity index (χ1v) is 28.3. The van der Waals surface area contributed by atoms with Crippen molar-refractivity contribution in [3.05, 3.63) is 146 Å². The van der Waals surface area contributed by atoms with Gasteiger partial charge in [0.15, 0.2) is 28.5 Å². The molecule has 0 spiro atoms. The maximum absolute atomic E-state index is 4.55. The van der Waals surface area contributed by atoms with E-state index in [4.69, 9.17) is 0 Å². The highest BCUT2D eigenvalue weighted by atomic mass is 15.3. The topological polar surface area (TPSA) is 72.9 Å². The molecule has 11 nitrogen and oxygen atoms in total. The summed E-state index contributed by atoms with van der Waals surface area (Å²) in [5, 5.41) is 8.90. The van der Waals surface area contributed by atoms with Crippen molar-refractivity contribution in [1.29, 1.82) is 0 Å². The van der Waals surface area contributed by atoms with Crippen LogP contribution in [0.25, 0.3) is 45.7 Å². The molecule has 0 unspecified atom stereocenters. The van der Waals surface area contributed by atoms with E-state index in [1.54, 1.807) is 0 Å². The molecule has 0 atom stereocenters. The Bertz CT molecular complexity index is 3510. The minimum Gasteiger partial charge on any atom is -0.343 e. The zero-order valence-corrected chi connectivity index (χ0v) is 55.9. The van der Waals surface area contributed by atoms with Crippen LogP contribution in [0.3, 0.4) is 0 Å². The molecular formula is C68H102N11+5. The SMILES string of the molecule is Cc1c(C)c(C)[n+](C)c(-c2c(C)c(C)c(C)c(C)[n+]2C)c1C.Cc1c(C)c(C)[n+](C)c(-c2c(C)c(C)c(C)n2C)c1C.Cc1nc(-c2c(C)c(C)c(C)c(C)[n+]2C)n(C)n1.Cc1nn(C)c(-c2c(C)c(C)c(C)c(C)[n+]2C)c1C. The van der Waals surface area contributed by atoms with Gasteiger partial charge >= 0.3 is 0 Å². The Morgan fingerprint density at radius 2 is 0.557 bits per heavy atom. The molecule has 0 N–H and O–H groups in total. The maximum atomic E-state index is 4.55. The van der Waals surface area contributed by atoms with Crippen molar-refractivity contribution >= 4 is 0 Å². The van der Waals surface area contributed by atoms with E-state index >= 15 is 0 Å². The van der Waals surface area contributed by atoms with Crippen molar-refractivity contribution in [3.8, 4) is 45.7 Å². The molecule has 8 heterocycles. The van der Waals surface area contributed by atoms with Gasteiger partial charge in [0.05, 0.1) is 5.69 Å². The van der Waals surface area contributed by atoms with Crippen molar-refractivity contribution in [2.75, 3.05) is 0 Å². The van der Waals surface area contributed by atoms with Gasteiger partial charge in [0, 0.05) is 123 Å². The van der Waals surface area contributed by atoms with Gasteiger partial charge in [-0.3, -0.25) is 4.68 Å². The zero-order chi connectivity index (χ0) is 60.4. The van der Waals surface area contributed by atoms with Crippen LogP contribution in [-0.2, 0) is 56.4 Å². The molecule has 11 heteroatoms. The molecule has 0 bridgehead atoms. The number of aryl methyl sites for hydroxylation is 4. The van der Waals surface area contributed by atoms with Crippen molar-refractivity contribution in [1.82, 2.24) is 29.1 Å². The summed E-state index contributed by atoms with van der Waals surface area (Å²) in [6.45, 7) is 57.0. The lowest BCUT2D eigenvalue weighted by molar-refractivity contribution is -0.697. The summed E-state index contributed by atoms with van der Waals surface area (Å²) < 4.78 is 17.7. The monoisotopic (exact) mass is 1070 g/mol. The highest BCUT2D eigenvalue weighted by Crippen LogP contribution is 2.34. The lowest BCUT2D eigenvalue weighted by Crippen LogP contribution is -2.44.